The zero-order valence-electron chi connectivity index (χ0n) is 10.9. The molecular weight excluding hydrogens is 290 g/mol. The Hall–Kier alpha value is -3.35. The standard InChI is InChI=1S/C15H7NO6/c17-13-9-2-1-3-11(16(21)22)12(9)14(18)8-5-4-7(15(19)20)6-10(8)13/h1-6H,(H,19,20). The summed E-state index contributed by atoms with van der Waals surface area (Å²) in [6.45, 7) is 0. The number of carbonyl (C=O) groups is 3. The van der Waals surface area contributed by atoms with E-state index in [-0.39, 0.29) is 27.8 Å². The van der Waals surface area contributed by atoms with Crippen molar-refractivity contribution in [2.45, 2.75) is 0 Å². The molecule has 7 heteroatoms. The van der Waals surface area contributed by atoms with Gasteiger partial charge in [-0.15, -0.1) is 0 Å². The summed E-state index contributed by atoms with van der Waals surface area (Å²) in [6.07, 6.45) is 0. The van der Waals surface area contributed by atoms with Crippen LogP contribution in [0, 0.1) is 10.1 Å². The minimum atomic E-state index is -1.23. The fourth-order valence-electron chi connectivity index (χ4n) is 2.46. The number of nitro groups is 1. The van der Waals surface area contributed by atoms with Crippen LogP contribution in [0.15, 0.2) is 36.4 Å². The molecule has 7 nitrogen and oxygen atoms in total. The number of carbonyl (C=O) groups excluding carboxylic acids is 2. The van der Waals surface area contributed by atoms with Gasteiger partial charge in [-0.1, -0.05) is 6.07 Å². The number of hydrogen-bond donors (Lipinski definition) is 1. The lowest BCUT2D eigenvalue weighted by Crippen LogP contribution is -2.22. The number of fused-ring (bicyclic) bond motifs is 2. The third-order valence-corrected chi connectivity index (χ3v) is 3.47. The molecule has 0 spiro atoms. The summed E-state index contributed by atoms with van der Waals surface area (Å²) in [5, 5.41) is 20.0. The van der Waals surface area contributed by atoms with Gasteiger partial charge in [-0.05, 0) is 24.3 Å². The molecule has 0 aromatic heterocycles. The van der Waals surface area contributed by atoms with Crippen LogP contribution in [-0.2, 0) is 0 Å². The van der Waals surface area contributed by atoms with Crippen LogP contribution in [0.4, 0.5) is 5.69 Å². The summed E-state index contributed by atoms with van der Waals surface area (Å²) in [7, 11) is 0. The van der Waals surface area contributed by atoms with Crippen LogP contribution in [0.2, 0.25) is 0 Å². The van der Waals surface area contributed by atoms with Gasteiger partial charge in [-0.3, -0.25) is 19.7 Å². The molecule has 1 aliphatic carbocycles. The SMILES string of the molecule is O=C(O)c1ccc2c(c1)C(=O)c1cccc([N+](=O)[O-])c1C2=O. The topological polar surface area (TPSA) is 115 Å². The first-order chi connectivity index (χ1) is 10.4. The van der Waals surface area contributed by atoms with Crippen molar-refractivity contribution in [3.63, 3.8) is 0 Å². The summed E-state index contributed by atoms with van der Waals surface area (Å²) in [6, 6.07) is 7.29. The molecule has 0 atom stereocenters. The van der Waals surface area contributed by atoms with Gasteiger partial charge in [0.1, 0.15) is 5.56 Å². The first-order valence-electron chi connectivity index (χ1n) is 6.16. The molecule has 0 aliphatic heterocycles. The Bertz CT molecular complexity index is 880. The van der Waals surface area contributed by atoms with E-state index in [4.69, 9.17) is 5.11 Å². The highest BCUT2D eigenvalue weighted by atomic mass is 16.6. The molecule has 1 aliphatic rings. The van der Waals surface area contributed by atoms with E-state index in [2.05, 4.69) is 0 Å². The number of ketones is 2. The minimum absolute atomic E-state index is 0.0307. The molecule has 0 amide bonds. The fraction of sp³-hybridized carbons (Fsp3) is 0. The second-order valence-corrected chi connectivity index (χ2v) is 4.68. The molecule has 2 aromatic rings. The predicted molar refractivity (Wildman–Crippen MR) is 73.4 cm³/mol. The van der Waals surface area contributed by atoms with Crippen LogP contribution in [0.5, 0.6) is 0 Å². The highest BCUT2D eigenvalue weighted by Gasteiger charge is 2.35. The summed E-state index contributed by atoms with van der Waals surface area (Å²) >= 11 is 0. The Morgan fingerprint density at radius 1 is 1.00 bits per heavy atom. The molecule has 3 rings (SSSR count). The van der Waals surface area contributed by atoms with Gasteiger partial charge >= 0.3 is 5.97 Å². The molecule has 0 bridgehead atoms. The second-order valence-electron chi connectivity index (χ2n) is 4.68. The Balaban J connectivity index is 2.30. The van der Waals surface area contributed by atoms with Crippen molar-refractivity contribution in [1.82, 2.24) is 0 Å². The van der Waals surface area contributed by atoms with Crippen LogP contribution in [-0.4, -0.2) is 27.6 Å². The number of nitro benzene ring substituents is 1. The molecule has 2 aromatic carbocycles. The lowest BCUT2D eigenvalue weighted by molar-refractivity contribution is -0.385. The van der Waals surface area contributed by atoms with Crippen LogP contribution in [0.25, 0.3) is 0 Å². The number of nitrogens with zero attached hydrogens (tertiary/aromatic N) is 1. The number of carboxylic acid groups (broad SMARTS) is 1. The minimum Gasteiger partial charge on any atom is -0.478 e. The molecule has 108 valence electrons. The first kappa shape index (κ1) is 13.6. The predicted octanol–water partition coefficient (Wildman–Crippen LogP) is 2.07. The van der Waals surface area contributed by atoms with Gasteiger partial charge in [-0.25, -0.2) is 4.79 Å². The number of hydrogen-bond acceptors (Lipinski definition) is 5. The zero-order chi connectivity index (χ0) is 16.0. The average molecular weight is 297 g/mol. The van der Waals surface area contributed by atoms with Gasteiger partial charge in [-0.2, -0.15) is 0 Å². The molecule has 0 heterocycles. The van der Waals surface area contributed by atoms with Gasteiger partial charge in [0.2, 0.25) is 5.78 Å². The van der Waals surface area contributed by atoms with Crippen molar-refractivity contribution in [3.8, 4) is 0 Å². The smallest absolute Gasteiger partial charge is 0.335 e. The molecule has 0 saturated carbocycles. The second kappa shape index (κ2) is 4.59. The fourth-order valence-corrected chi connectivity index (χ4v) is 2.46. The van der Waals surface area contributed by atoms with Crippen molar-refractivity contribution in [1.29, 1.82) is 0 Å². The number of carboxylic acids is 1. The third kappa shape index (κ3) is 1.80. The summed E-state index contributed by atoms with van der Waals surface area (Å²) in [5.41, 5.74) is -1.00. The van der Waals surface area contributed by atoms with E-state index in [0.717, 1.165) is 12.1 Å². The van der Waals surface area contributed by atoms with E-state index in [1.807, 2.05) is 0 Å². The van der Waals surface area contributed by atoms with Crippen molar-refractivity contribution in [2.75, 3.05) is 0 Å². The molecule has 0 fully saturated rings. The summed E-state index contributed by atoms with van der Waals surface area (Å²) in [4.78, 5) is 46.2. The van der Waals surface area contributed by atoms with Gasteiger partial charge in [0.05, 0.1) is 10.5 Å². The molecule has 0 unspecified atom stereocenters. The van der Waals surface area contributed by atoms with Crippen LogP contribution < -0.4 is 0 Å². The molecular formula is C15H7NO6. The summed E-state index contributed by atoms with van der Waals surface area (Å²) < 4.78 is 0. The quantitative estimate of drug-likeness (QED) is 0.572. The lowest BCUT2D eigenvalue weighted by atomic mass is 9.82. The van der Waals surface area contributed by atoms with E-state index in [1.165, 1.54) is 24.3 Å². The maximum atomic E-state index is 12.5. The van der Waals surface area contributed by atoms with Crippen LogP contribution >= 0.6 is 0 Å². The van der Waals surface area contributed by atoms with E-state index in [0.29, 0.717) is 0 Å². The number of aromatic carboxylic acids is 1. The van der Waals surface area contributed by atoms with E-state index < -0.39 is 28.1 Å². The molecule has 1 N–H and O–H groups in total. The van der Waals surface area contributed by atoms with Crippen molar-refractivity contribution in [2.24, 2.45) is 0 Å². The normalized spacial score (nSPS) is 12.5. The van der Waals surface area contributed by atoms with Crippen LogP contribution in [0.3, 0.4) is 0 Å². The molecule has 0 radical (unpaired) electrons. The number of benzene rings is 2. The van der Waals surface area contributed by atoms with Gasteiger partial charge in [0.25, 0.3) is 5.69 Å². The third-order valence-electron chi connectivity index (χ3n) is 3.47. The Kier molecular flexibility index (Phi) is 2.84. The zero-order valence-corrected chi connectivity index (χ0v) is 10.9. The highest BCUT2D eigenvalue weighted by molar-refractivity contribution is 6.30. The monoisotopic (exact) mass is 297 g/mol. The largest absolute Gasteiger partial charge is 0.478 e. The van der Waals surface area contributed by atoms with E-state index >= 15 is 0 Å². The van der Waals surface area contributed by atoms with Crippen molar-refractivity contribution < 1.29 is 24.4 Å². The molecule has 0 saturated heterocycles. The van der Waals surface area contributed by atoms with E-state index in [9.17, 15) is 24.5 Å². The Morgan fingerprint density at radius 3 is 2.36 bits per heavy atom. The van der Waals surface area contributed by atoms with Crippen molar-refractivity contribution in [3.05, 3.63) is 74.3 Å². The van der Waals surface area contributed by atoms with Crippen molar-refractivity contribution >= 4 is 23.2 Å². The highest BCUT2D eigenvalue weighted by Crippen LogP contribution is 2.33. The van der Waals surface area contributed by atoms with Crippen LogP contribution in [0.1, 0.15) is 42.2 Å². The Labute approximate surface area is 123 Å². The van der Waals surface area contributed by atoms with E-state index in [1.54, 1.807) is 0 Å². The maximum absolute atomic E-state index is 12.5. The van der Waals surface area contributed by atoms with Gasteiger partial charge in [0.15, 0.2) is 5.78 Å². The molecule has 22 heavy (non-hydrogen) atoms. The first-order valence-corrected chi connectivity index (χ1v) is 6.16. The average Bonchev–Trinajstić information content (AvgIpc) is 2.51. The van der Waals surface area contributed by atoms with Gasteiger partial charge < -0.3 is 5.11 Å². The van der Waals surface area contributed by atoms with Gasteiger partial charge in [0, 0.05) is 22.8 Å². The maximum Gasteiger partial charge on any atom is 0.335 e. The summed E-state index contributed by atoms with van der Waals surface area (Å²) in [5.74, 6) is -2.49. The Morgan fingerprint density at radius 2 is 1.73 bits per heavy atom. The lowest BCUT2D eigenvalue weighted by Gasteiger charge is -2.17. The number of rotatable bonds is 2.